The number of hydrogen-bond donors (Lipinski definition) is 2. The number of carbonyl (C=O) groups excluding carboxylic acids is 1. The van der Waals surface area contributed by atoms with Crippen molar-refractivity contribution in [3.05, 3.63) is 76.5 Å². The Balaban J connectivity index is 0.00000280. The standard InChI is InChI=1S/C19H19N5O3.ClH/c1-27-17(25)11-8-13-6-9-14(10-7-13)24-19(26)23(12-22-24)16-5-3-2-4-15(16)18(20)21;/h2-7,9-10,12H,8,11H2,1H3,(H3,20,21);1H. The summed E-state index contributed by atoms with van der Waals surface area (Å²) in [6.45, 7) is 0. The lowest BCUT2D eigenvalue weighted by Gasteiger charge is -2.07. The number of methoxy groups -OCH3 is 1. The number of nitrogen functional groups attached to an aromatic ring is 1. The molecule has 1 aromatic heterocycles. The van der Waals surface area contributed by atoms with E-state index in [2.05, 4.69) is 9.84 Å². The van der Waals surface area contributed by atoms with Crippen LogP contribution >= 0.6 is 12.4 Å². The molecule has 0 radical (unpaired) electrons. The van der Waals surface area contributed by atoms with Gasteiger partial charge in [-0.25, -0.2) is 9.36 Å². The number of nitrogens with two attached hydrogens (primary N) is 1. The van der Waals surface area contributed by atoms with Gasteiger partial charge in [0.15, 0.2) is 0 Å². The maximum absolute atomic E-state index is 12.8. The molecule has 0 fully saturated rings. The monoisotopic (exact) mass is 401 g/mol. The first-order valence-corrected chi connectivity index (χ1v) is 8.28. The molecule has 1 heterocycles. The van der Waals surface area contributed by atoms with Crippen molar-refractivity contribution in [3.63, 3.8) is 0 Å². The zero-order chi connectivity index (χ0) is 19.4. The number of hydrogen-bond acceptors (Lipinski definition) is 5. The molecule has 3 N–H and O–H groups in total. The van der Waals surface area contributed by atoms with Crippen molar-refractivity contribution < 1.29 is 9.53 Å². The zero-order valence-corrected chi connectivity index (χ0v) is 16.0. The highest BCUT2D eigenvalue weighted by molar-refractivity contribution is 5.98. The number of amidine groups is 1. The van der Waals surface area contributed by atoms with Crippen LogP contribution in [0.5, 0.6) is 0 Å². The van der Waals surface area contributed by atoms with Crippen molar-refractivity contribution >= 4 is 24.2 Å². The second-order valence-corrected chi connectivity index (χ2v) is 5.87. The third-order valence-electron chi connectivity index (χ3n) is 4.15. The molecule has 9 heteroatoms. The summed E-state index contributed by atoms with van der Waals surface area (Å²) in [5.41, 5.74) is 7.74. The lowest BCUT2D eigenvalue weighted by Crippen LogP contribution is -2.25. The molecule has 0 saturated heterocycles. The summed E-state index contributed by atoms with van der Waals surface area (Å²) in [6.07, 6.45) is 2.25. The first kappa shape index (κ1) is 20.9. The summed E-state index contributed by atoms with van der Waals surface area (Å²) in [6, 6.07) is 14.1. The van der Waals surface area contributed by atoms with Crippen LogP contribution in [0.1, 0.15) is 17.5 Å². The van der Waals surface area contributed by atoms with Crippen LogP contribution in [0.3, 0.4) is 0 Å². The summed E-state index contributed by atoms with van der Waals surface area (Å²) < 4.78 is 7.24. The van der Waals surface area contributed by atoms with Crippen molar-refractivity contribution in [3.8, 4) is 11.4 Å². The Kier molecular flexibility index (Phi) is 6.73. The minimum Gasteiger partial charge on any atom is -0.469 e. The summed E-state index contributed by atoms with van der Waals surface area (Å²) in [4.78, 5) is 24.0. The van der Waals surface area contributed by atoms with Gasteiger partial charge in [0.25, 0.3) is 0 Å². The topological polar surface area (TPSA) is 116 Å². The van der Waals surface area contributed by atoms with Gasteiger partial charge in [0.2, 0.25) is 0 Å². The Bertz CT molecular complexity index is 1040. The van der Waals surface area contributed by atoms with Gasteiger partial charge >= 0.3 is 11.7 Å². The van der Waals surface area contributed by atoms with Crippen LogP contribution in [0.4, 0.5) is 0 Å². The molecule has 0 bridgehead atoms. The van der Waals surface area contributed by atoms with Gasteiger partial charge in [-0.3, -0.25) is 10.2 Å². The van der Waals surface area contributed by atoms with E-state index in [1.165, 1.54) is 22.7 Å². The number of aryl methyl sites for hydroxylation is 1. The van der Waals surface area contributed by atoms with Crippen LogP contribution in [0, 0.1) is 5.41 Å². The predicted molar refractivity (Wildman–Crippen MR) is 108 cm³/mol. The molecule has 0 aliphatic heterocycles. The molecular formula is C19H20ClN5O3. The highest BCUT2D eigenvalue weighted by Gasteiger charge is 2.13. The minimum atomic E-state index is -0.369. The molecule has 0 amide bonds. The van der Waals surface area contributed by atoms with Crippen molar-refractivity contribution in [2.45, 2.75) is 12.8 Å². The number of carbonyl (C=O) groups is 1. The smallest absolute Gasteiger partial charge is 0.355 e. The number of ether oxygens (including phenoxy) is 1. The lowest BCUT2D eigenvalue weighted by atomic mass is 10.1. The van der Waals surface area contributed by atoms with Gasteiger partial charge in [-0.15, -0.1) is 12.4 Å². The molecule has 0 saturated carbocycles. The van der Waals surface area contributed by atoms with Gasteiger partial charge in [0, 0.05) is 12.0 Å². The molecular weight excluding hydrogens is 382 g/mol. The minimum absolute atomic E-state index is 0. The fourth-order valence-corrected chi connectivity index (χ4v) is 2.71. The van der Waals surface area contributed by atoms with E-state index in [1.807, 2.05) is 12.1 Å². The third-order valence-corrected chi connectivity index (χ3v) is 4.15. The van der Waals surface area contributed by atoms with Crippen LogP contribution in [-0.2, 0) is 16.0 Å². The van der Waals surface area contributed by atoms with Crippen molar-refractivity contribution in [1.29, 1.82) is 5.41 Å². The number of nitrogens with one attached hydrogen (secondary N) is 1. The SMILES string of the molecule is COC(=O)CCc1ccc(-n2ncn(-c3ccccc3C(=N)N)c2=O)cc1.Cl. The molecule has 0 spiro atoms. The number of nitrogens with zero attached hydrogens (tertiary/aromatic N) is 3. The van der Waals surface area contributed by atoms with Gasteiger partial charge in [-0.1, -0.05) is 24.3 Å². The Morgan fingerprint density at radius 3 is 2.50 bits per heavy atom. The normalized spacial score (nSPS) is 10.2. The number of benzene rings is 2. The second kappa shape index (κ2) is 9.01. The van der Waals surface area contributed by atoms with E-state index in [-0.39, 0.29) is 29.9 Å². The molecule has 2 aromatic carbocycles. The van der Waals surface area contributed by atoms with Gasteiger partial charge < -0.3 is 10.5 Å². The highest BCUT2D eigenvalue weighted by Crippen LogP contribution is 2.13. The fourth-order valence-electron chi connectivity index (χ4n) is 2.71. The average Bonchev–Trinajstić information content (AvgIpc) is 3.07. The van der Waals surface area contributed by atoms with E-state index in [0.717, 1.165) is 5.56 Å². The van der Waals surface area contributed by atoms with Crippen molar-refractivity contribution in [2.75, 3.05) is 7.11 Å². The third kappa shape index (κ3) is 4.29. The van der Waals surface area contributed by atoms with Gasteiger partial charge in [-0.2, -0.15) is 9.78 Å². The van der Waals surface area contributed by atoms with E-state index < -0.39 is 0 Å². The molecule has 0 aliphatic carbocycles. The van der Waals surface area contributed by atoms with E-state index >= 15 is 0 Å². The molecule has 0 atom stereocenters. The highest BCUT2D eigenvalue weighted by atomic mass is 35.5. The molecule has 28 heavy (non-hydrogen) atoms. The van der Waals surface area contributed by atoms with Crippen LogP contribution in [0.2, 0.25) is 0 Å². The Labute approximate surface area is 167 Å². The van der Waals surface area contributed by atoms with Crippen molar-refractivity contribution in [1.82, 2.24) is 14.3 Å². The van der Waals surface area contributed by atoms with Crippen LogP contribution in [-0.4, -0.2) is 33.3 Å². The Hall–Kier alpha value is -3.39. The number of para-hydroxylation sites is 1. The fraction of sp³-hybridized carbons (Fsp3) is 0.158. The Morgan fingerprint density at radius 1 is 1.18 bits per heavy atom. The number of esters is 1. The van der Waals surface area contributed by atoms with Gasteiger partial charge in [0.05, 0.1) is 18.5 Å². The first-order chi connectivity index (χ1) is 13.0. The second-order valence-electron chi connectivity index (χ2n) is 5.87. The van der Waals surface area contributed by atoms with E-state index in [0.29, 0.717) is 29.8 Å². The molecule has 3 rings (SSSR count). The molecule has 0 unspecified atom stereocenters. The maximum atomic E-state index is 12.8. The molecule has 146 valence electrons. The molecule has 8 nitrogen and oxygen atoms in total. The number of aromatic nitrogens is 3. The average molecular weight is 402 g/mol. The van der Waals surface area contributed by atoms with Gasteiger partial charge in [0.1, 0.15) is 12.2 Å². The van der Waals surface area contributed by atoms with E-state index in [1.54, 1.807) is 36.4 Å². The lowest BCUT2D eigenvalue weighted by molar-refractivity contribution is -0.140. The van der Waals surface area contributed by atoms with Gasteiger partial charge in [-0.05, 0) is 36.2 Å². The summed E-state index contributed by atoms with van der Waals surface area (Å²) in [7, 11) is 1.36. The predicted octanol–water partition coefficient (Wildman–Crippen LogP) is 1.83. The number of rotatable bonds is 6. The van der Waals surface area contributed by atoms with Crippen LogP contribution in [0.15, 0.2) is 59.7 Å². The summed E-state index contributed by atoms with van der Waals surface area (Å²) >= 11 is 0. The quantitative estimate of drug-likeness (QED) is 0.371. The zero-order valence-electron chi connectivity index (χ0n) is 15.2. The van der Waals surface area contributed by atoms with E-state index in [4.69, 9.17) is 11.1 Å². The molecule has 3 aromatic rings. The maximum Gasteiger partial charge on any atom is 0.355 e. The number of halogens is 1. The Morgan fingerprint density at radius 2 is 1.86 bits per heavy atom. The van der Waals surface area contributed by atoms with Crippen molar-refractivity contribution in [2.24, 2.45) is 5.73 Å². The molecule has 0 aliphatic rings. The summed E-state index contributed by atoms with van der Waals surface area (Å²) in [5.74, 6) is -0.390. The van der Waals surface area contributed by atoms with E-state index in [9.17, 15) is 9.59 Å². The van der Waals surface area contributed by atoms with Crippen LogP contribution < -0.4 is 11.4 Å². The summed E-state index contributed by atoms with van der Waals surface area (Å²) in [5, 5.41) is 11.8. The largest absolute Gasteiger partial charge is 0.469 e. The first-order valence-electron chi connectivity index (χ1n) is 8.28. The van der Waals surface area contributed by atoms with Crippen LogP contribution in [0.25, 0.3) is 11.4 Å².